The molecule has 0 spiro atoms. The van der Waals surface area contributed by atoms with Gasteiger partial charge in [-0.3, -0.25) is 4.99 Å². The molecular formula is C36H53N3. The first kappa shape index (κ1) is 32.1. The molecule has 212 valence electrons. The lowest BCUT2D eigenvalue weighted by atomic mass is 9.84. The van der Waals surface area contributed by atoms with E-state index in [1.54, 1.807) is 0 Å². The largest absolute Gasteiger partial charge is 0.366 e. The van der Waals surface area contributed by atoms with E-state index in [1.165, 1.54) is 41.5 Å². The van der Waals surface area contributed by atoms with Crippen molar-refractivity contribution in [2.24, 2.45) is 10.4 Å². The number of aryl methyl sites for hydroxylation is 2. The third-order valence-corrected chi connectivity index (χ3v) is 7.22. The quantitative estimate of drug-likeness (QED) is 0.105. The van der Waals surface area contributed by atoms with Gasteiger partial charge in [0.25, 0.3) is 0 Å². The average Bonchev–Trinajstić information content (AvgIpc) is 2.87. The molecule has 39 heavy (non-hydrogen) atoms. The lowest BCUT2D eigenvalue weighted by Crippen LogP contribution is -2.32. The summed E-state index contributed by atoms with van der Waals surface area (Å²) in [5, 5.41) is 7.08. The van der Waals surface area contributed by atoms with Gasteiger partial charge >= 0.3 is 0 Å². The summed E-state index contributed by atoms with van der Waals surface area (Å²) in [5.74, 6) is 0. The smallest absolute Gasteiger partial charge is 0.0934 e. The summed E-state index contributed by atoms with van der Waals surface area (Å²) in [6, 6.07) is 13.3. The van der Waals surface area contributed by atoms with Gasteiger partial charge in [0.1, 0.15) is 0 Å². The Labute approximate surface area is 239 Å². The molecule has 0 radical (unpaired) electrons. The molecule has 2 rings (SSSR count). The van der Waals surface area contributed by atoms with Gasteiger partial charge in [0, 0.05) is 23.2 Å². The van der Waals surface area contributed by atoms with E-state index in [-0.39, 0.29) is 11.6 Å². The van der Waals surface area contributed by atoms with Crippen LogP contribution in [0.2, 0.25) is 0 Å². The van der Waals surface area contributed by atoms with Crippen molar-refractivity contribution in [1.82, 2.24) is 5.32 Å². The van der Waals surface area contributed by atoms with Crippen LogP contribution in [0.5, 0.6) is 0 Å². The van der Waals surface area contributed by atoms with E-state index in [2.05, 4.69) is 115 Å². The number of hydrogen-bond donors (Lipinski definition) is 2. The summed E-state index contributed by atoms with van der Waals surface area (Å²) in [7, 11) is 0. The molecule has 0 aromatic heterocycles. The number of allylic oxidation sites excluding steroid dienone is 3. The average molecular weight is 528 g/mol. The van der Waals surface area contributed by atoms with E-state index >= 15 is 0 Å². The monoisotopic (exact) mass is 527 g/mol. The molecule has 0 fully saturated rings. The summed E-state index contributed by atoms with van der Waals surface area (Å²) < 4.78 is 0. The molecule has 3 nitrogen and oxygen atoms in total. The first-order chi connectivity index (χ1) is 18.5. The predicted octanol–water partition coefficient (Wildman–Crippen LogP) is 10.2. The van der Waals surface area contributed by atoms with Gasteiger partial charge in [0.2, 0.25) is 0 Å². The molecule has 0 amide bonds. The fraction of sp³-hybridized carbons (Fsp3) is 0.472. The van der Waals surface area contributed by atoms with Crippen LogP contribution in [0.25, 0.3) is 5.57 Å². The summed E-state index contributed by atoms with van der Waals surface area (Å²) >= 11 is 0. The van der Waals surface area contributed by atoms with E-state index < -0.39 is 0 Å². The van der Waals surface area contributed by atoms with Crippen LogP contribution in [-0.4, -0.2) is 12.4 Å². The van der Waals surface area contributed by atoms with Gasteiger partial charge in [-0.15, -0.1) is 0 Å². The number of anilines is 1. The molecule has 0 bridgehead atoms. The van der Waals surface area contributed by atoms with Gasteiger partial charge in [-0.25, -0.2) is 0 Å². The number of nitrogens with one attached hydrogen (secondary N) is 2. The van der Waals surface area contributed by atoms with E-state index in [1.807, 2.05) is 13.1 Å². The molecule has 0 aliphatic rings. The SMILES string of the molecule is C=C(/C=C(\CC)C(C)(C)C)NC(C)Nc1cccc(CC(=C)c2cc(CC)c(CCCCC)cc2N=CC)c1. The molecule has 0 aliphatic heterocycles. The molecule has 1 unspecified atom stereocenters. The molecule has 0 heterocycles. The van der Waals surface area contributed by atoms with Crippen LogP contribution >= 0.6 is 0 Å². The summed E-state index contributed by atoms with van der Waals surface area (Å²) in [6.07, 6.45) is 11.8. The zero-order valence-corrected chi connectivity index (χ0v) is 26.0. The van der Waals surface area contributed by atoms with E-state index in [4.69, 9.17) is 4.99 Å². The van der Waals surface area contributed by atoms with Gasteiger partial charge < -0.3 is 10.6 Å². The van der Waals surface area contributed by atoms with Gasteiger partial charge in [-0.2, -0.15) is 0 Å². The molecule has 2 aromatic rings. The molecule has 2 N–H and O–H groups in total. The Bertz CT molecular complexity index is 1160. The first-order valence-corrected chi connectivity index (χ1v) is 14.9. The molecule has 1 atom stereocenters. The van der Waals surface area contributed by atoms with Crippen molar-refractivity contribution in [1.29, 1.82) is 0 Å². The van der Waals surface area contributed by atoms with Crippen molar-refractivity contribution >= 4 is 23.2 Å². The number of rotatable bonds is 15. The highest BCUT2D eigenvalue weighted by Gasteiger charge is 2.16. The second kappa shape index (κ2) is 15.5. The standard InChI is InChI=1S/C36H53N3/c1-11-15-16-19-31-25-35(37-14-4)34(24-30(31)12-2)26(5)21-29-18-17-20-33(23-29)39-28(7)38-27(6)22-32(13-3)36(8,9)10/h14,17-18,20,22-25,28,38-39H,5-6,11-13,15-16,19,21H2,1-4,7-10H3/b32-22+,37-14?. The van der Waals surface area contributed by atoms with Crippen molar-refractivity contribution in [2.75, 3.05) is 5.32 Å². The van der Waals surface area contributed by atoms with Gasteiger partial charge in [-0.05, 0) is 104 Å². The molecule has 3 heteroatoms. The molecule has 0 aliphatic carbocycles. The van der Waals surface area contributed by atoms with Crippen LogP contribution in [0.1, 0.15) is 103 Å². The fourth-order valence-electron chi connectivity index (χ4n) is 5.11. The van der Waals surface area contributed by atoms with Crippen molar-refractivity contribution in [2.45, 2.75) is 107 Å². The van der Waals surface area contributed by atoms with Crippen molar-refractivity contribution in [3.63, 3.8) is 0 Å². The number of benzene rings is 2. The van der Waals surface area contributed by atoms with Crippen LogP contribution in [-0.2, 0) is 19.3 Å². The predicted molar refractivity (Wildman–Crippen MR) is 175 cm³/mol. The highest BCUT2D eigenvalue weighted by molar-refractivity contribution is 5.78. The first-order valence-electron chi connectivity index (χ1n) is 14.9. The highest BCUT2D eigenvalue weighted by Crippen LogP contribution is 2.33. The van der Waals surface area contributed by atoms with E-state index in [0.717, 1.165) is 53.9 Å². The maximum absolute atomic E-state index is 4.74. The lowest BCUT2D eigenvalue weighted by molar-refractivity contribution is 0.486. The van der Waals surface area contributed by atoms with E-state index in [9.17, 15) is 0 Å². The maximum Gasteiger partial charge on any atom is 0.0934 e. The third kappa shape index (κ3) is 10.2. The Morgan fingerprint density at radius 1 is 1.03 bits per heavy atom. The molecular weight excluding hydrogens is 474 g/mol. The zero-order chi connectivity index (χ0) is 29.0. The Hall–Kier alpha value is -3.07. The Morgan fingerprint density at radius 3 is 2.38 bits per heavy atom. The lowest BCUT2D eigenvalue weighted by Gasteiger charge is -2.24. The highest BCUT2D eigenvalue weighted by atomic mass is 15.1. The minimum Gasteiger partial charge on any atom is -0.366 e. The van der Waals surface area contributed by atoms with Crippen LogP contribution in [0.4, 0.5) is 11.4 Å². The fourth-order valence-corrected chi connectivity index (χ4v) is 5.11. The van der Waals surface area contributed by atoms with Crippen LogP contribution in [0.15, 0.2) is 71.9 Å². The van der Waals surface area contributed by atoms with Crippen LogP contribution in [0.3, 0.4) is 0 Å². The second-order valence-electron chi connectivity index (χ2n) is 11.6. The topological polar surface area (TPSA) is 36.4 Å². The molecule has 2 aromatic carbocycles. The Balaban J connectivity index is 2.17. The normalized spacial score (nSPS) is 13.0. The number of nitrogens with zero attached hydrogens (tertiary/aromatic N) is 1. The zero-order valence-electron chi connectivity index (χ0n) is 26.0. The Morgan fingerprint density at radius 2 is 1.77 bits per heavy atom. The number of aliphatic imine (C=N–C) groups is 1. The number of unbranched alkanes of at least 4 members (excludes halogenated alkanes) is 2. The molecule has 0 saturated heterocycles. The number of hydrogen-bond acceptors (Lipinski definition) is 3. The van der Waals surface area contributed by atoms with Crippen molar-refractivity contribution in [3.8, 4) is 0 Å². The summed E-state index contributed by atoms with van der Waals surface area (Å²) in [4.78, 5) is 4.74. The van der Waals surface area contributed by atoms with Gasteiger partial charge in [0.15, 0.2) is 0 Å². The Kier molecular flexibility index (Phi) is 12.8. The summed E-state index contributed by atoms with van der Waals surface area (Å²) in [5.41, 5.74) is 10.9. The van der Waals surface area contributed by atoms with Gasteiger partial charge in [-0.1, -0.05) is 85.2 Å². The minimum atomic E-state index is 0.0446. The maximum atomic E-state index is 4.74. The van der Waals surface area contributed by atoms with Crippen LogP contribution < -0.4 is 10.6 Å². The van der Waals surface area contributed by atoms with Crippen molar-refractivity contribution in [3.05, 3.63) is 89.2 Å². The van der Waals surface area contributed by atoms with E-state index in [0.29, 0.717) is 0 Å². The van der Waals surface area contributed by atoms with Crippen molar-refractivity contribution < 1.29 is 0 Å². The second-order valence-corrected chi connectivity index (χ2v) is 11.6. The molecule has 0 saturated carbocycles. The minimum absolute atomic E-state index is 0.0446. The van der Waals surface area contributed by atoms with Gasteiger partial charge in [0.05, 0.1) is 11.9 Å². The third-order valence-electron chi connectivity index (χ3n) is 7.22. The summed E-state index contributed by atoms with van der Waals surface area (Å²) in [6.45, 7) is 26.3. The van der Waals surface area contributed by atoms with Crippen LogP contribution in [0, 0.1) is 5.41 Å².